The Kier molecular flexibility index (Phi) is 6.60. The lowest BCUT2D eigenvalue weighted by molar-refractivity contribution is -0.117. The normalized spacial score (nSPS) is 15.1. The van der Waals surface area contributed by atoms with Crippen LogP contribution in [0.25, 0.3) is 0 Å². The van der Waals surface area contributed by atoms with Crippen molar-refractivity contribution < 1.29 is 18.7 Å². The fourth-order valence-corrected chi connectivity index (χ4v) is 3.22. The first kappa shape index (κ1) is 19.8. The number of carbonyl (C=O) groups is 2. The summed E-state index contributed by atoms with van der Waals surface area (Å²) in [5, 5.41) is 5.75. The molecule has 0 radical (unpaired) electrons. The van der Waals surface area contributed by atoms with Crippen LogP contribution in [0.4, 0.5) is 10.1 Å². The molecule has 1 fully saturated rings. The predicted octanol–water partition coefficient (Wildman–Crippen LogP) is 2.67. The summed E-state index contributed by atoms with van der Waals surface area (Å²) < 4.78 is 18.3. The second-order valence-corrected chi connectivity index (χ2v) is 6.81. The number of nitrogens with zero attached hydrogens (tertiary/aromatic N) is 1. The number of piperidine rings is 1. The van der Waals surface area contributed by atoms with E-state index in [2.05, 4.69) is 10.6 Å². The maximum atomic E-state index is 13.2. The summed E-state index contributed by atoms with van der Waals surface area (Å²) in [6.07, 6.45) is 1.55. The van der Waals surface area contributed by atoms with Crippen molar-refractivity contribution in [1.29, 1.82) is 0 Å². The average Bonchev–Trinajstić information content (AvgIpc) is 2.69. The maximum absolute atomic E-state index is 13.2. The van der Waals surface area contributed by atoms with E-state index in [1.165, 1.54) is 12.1 Å². The number of amides is 2. The Bertz CT molecular complexity index is 818. The van der Waals surface area contributed by atoms with E-state index in [-0.39, 0.29) is 30.2 Å². The van der Waals surface area contributed by atoms with E-state index in [1.54, 1.807) is 43.5 Å². The predicted molar refractivity (Wildman–Crippen MR) is 105 cm³/mol. The minimum atomic E-state index is -0.383. The van der Waals surface area contributed by atoms with Gasteiger partial charge in [-0.3, -0.25) is 14.5 Å². The van der Waals surface area contributed by atoms with Crippen LogP contribution in [0.15, 0.2) is 48.5 Å². The Labute approximate surface area is 163 Å². The molecule has 2 N–H and O–H groups in total. The molecular formula is C21H24FN3O3. The van der Waals surface area contributed by atoms with Gasteiger partial charge in [-0.15, -0.1) is 0 Å². The van der Waals surface area contributed by atoms with Gasteiger partial charge in [0.15, 0.2) is 0 Å². The molecule has 2 aromatic carbocycles. The van der Waals surface area contributed by atoms with Crippen LogP contribution in [0, 0.1) is 5.82 Å². The topological polar surface area (TPSA) is 70.7 Å². The summed E-state index contributed by atoms with van der Waals surface area (Å²) in [5.74, 6) is 0.0452. The lowest BCUT2D eigenvalue weighted by Gasteiger charge is -2.31. The van der Waals surface area contributed by atoms with Crippen molar-refractivity contribution in [3.63, 3.8) is 0 Å². The molecule has 28 heavy (non-hydrogen) atoms. The number of anilines is 1. The van der Waals surface area contributed by atoms with Gasteiger partial charge in [0.25, 0.3) is 5.91 Å². The van der Waals surface area contributed by atoms with Gasteiger partial charge in [0.1, 0.15) is 11.6 Å². The van der Waals surface area contributed by atoms with Crippen LogP contribution in [0.5, 0.6) is 5.75 Å². The van der Waals surface area contributed by atoms with E-state index >= 15 is 0 Å². The van der Waals surface area contributed by atoms with Gasteiger partial charge in [-0.2, -0.15) is 0 Å². The Morgan fingerprint density at radius 3 is 2.50 bits per heavy atom. The van der Waals surface area contributed by atoms with Crippen LogP contribution in [-0.4, -0.2) is 49.5 Å². The molecule has 0 aromatic heterocycles. The van der Waals surface area contributed by atoms with Crippen LogP contribution < -0.4 is 15.4 Å². The number of hydrogen-bond donors (Lipinski definition) is 2. The van der Waals surface area contributed by atoms with Crippen molar-refractivity contribution in [3.8, 4) is 5.75 Å². The minimum Gasteiger partial charge on any atom is -0.497 e. The third kappa shape index (κ3) is 5.53. The minimum absolute atomic E-state index is 0.0807. The number of nitrogens with one attached hydrogen (secondary N) is 2. The first-order valence-corrected chi connectivity index (χ1v) is 9.26. The molecule has 3 rings (SSSR count). The Balaban J connectivity index is 1.42. The molecule has 6 nitrogen and oxygen atoms in total. The fourth-order valence-electron chi connectivity index (χ4n) is 3.22. The summed E-state index contributed by atoms with van der Waals surface area (Å²) in [5.41, 5.74) is 1.05. The van der Waals surface area contributed by atoms with Crippen LogP contribution in [0.2, 0.25) is 0 Å². The van der Waals surface area contributed by atoms with Gasteiger partial charge < -0.3 is 15.4 Å². The molecule has 2 amide bonds. The lowest BCUT2D eigenvalue weighted by Crippen LogP contribution is -2.46. The first-order chi connectivity index (χ1) is 13.5. The lowest BCUT2D eigenvalue weighted by atomic mass is 10.0. The molecule has 0 atom stereocenters. The third-order valence-corrected chi connectivity index (χ3v) is 4.75. The quantitative estimate of drug-likeness (QED) is 0.802. The number of benzene rings is 2. The highest BCUT2D eigenvalue weighted by Gasteiger charge is 2.22. The molecule has 0 bridgehead atoms. The zero-order valence-electron chi connectivity index (χ0n) is 15.8. The number of methoxy groups -OCH3 is 1. The van der Waals surface area contributed by atoms with Gasteiger partial charge in [0.05, 0.1) is 13.7 Å². The van der Waals surface area contributed by atoms with Gasteiger partial charge in [-0.25, -0.2) is 4.39 Å². The highest BCUT2D eigenvalue weighted by molar-refractivity contribution is 5.94. The molecule has 0 spiro atoms. The molecule has 2 aromatic rings. The molecule has 1 heterocycles. The number of hydrogen-bond acceptors (Lipinski definition) is 4. The van der Waals surface area contributed by atoms with E-state index in [4.69, 9.17) is 4.74 Å². The molecule has 0 saturated carbocycles. The molecule has 0 aliphatic carbocycles. The summed E-state index contributed by atoms with van der Waals surface area (Å²) in [6.45, 7) is 1.67. The van der Waals surface area contributed by atoms with Crippen LogP contribution in [-0.2, 0) is 4.79 Å². The van der Waals surface area contributed by atoms with Crippen molar-refractivity contribution in [2.75, 3.05) is 32.1 Å². The Hall–Kier alpha value is -2.93. The number of likely N-dealkylation sites (tertiary alicyclic amines) is 1. The largest absolute Gasteiger partial charge is 0.497 e. The Morgan fingerprint density at radius 1 is 1.14 bits per heavy atom. The van der Waals surface area contributed by atoms with Gasteiger partial charge in [0, 0.05) is 30.4 Å². The van der Waals surface area contributed by atoms with E-state index in [0.717, 1.165) is 12.8 Å². The van der Waals surface area contributed by atoms with Gasteiger partial charge in [-0.1, -0.05) is 6.07 Å². The smallest absolute Gasteiger partial charge is 0.251 e. The Morgan fingerprint density at radius 2 is 1.86 bits per heavy atom. The summed E-state index contributed by atoms with van der Waals surface area (Å²) in [7, 11) is 1.58. The van der Waals surface area contributed by atoms with Crippen molar-refractivity contribution >= 4 is 17.5 Å². The van der Waals surface area contributed by atoms with E-state index < -0.39 is 0 Å². The number of ether oxygens (including phenoxy) is 1. The number of carbonyl (C=O) groups excluding carboxylic acids is 2. The first-order valence-electron chi connectivity index (χ1n) is 9.26. The molecule has 0 unspecified atom stereocenters. The standard InChI is InChI=1S/C21H24FN3O3/c1-28-19-7-5-15(6-8-19)21(27)24-17-9-11-25(12-10-17)14-20(26)23-18-4-2-3-16(22)13-18/h2-8,13,17H,9-12,14H2,1H3,(H,23,26)(H,24,27). The SMILES string of the molecule is COc1ccc(C(=O)NC2CCN(CC(=O)Nc3cccc(F)c3)CC2)cc1. The average molecular weight is 385 g/mol. The summed E-state index contributed by atoms with van der Waals surface area (Å²) in [6, 6.07) is 12.9. The van der Waals surface area contributed by atoms with Crippen molar-refractivity contribution in [3.05, 3.63) is 59.9 Å². The number of rotatable bonds is 6. The summed E-state index contributed by atoms with van der Waals surface area (Å²) in [4.78, 5) is 26.5. The monoisotopic (exact) mass is 385 g/mol. The van der Waals surface area contributed by atoms with Crippen molar-refractivity contribution in [1.82, 2.24) is 10.2 Å². The second kappa shape index (κ2) is 9.32. The highest BCUT2D eigenvalue weighted by Crippen LogP contribution is 2.14. The molecule has 148 valence electrons. The molecule has 1 aliphatic heterocycles. The second-order valence-electron chi connectivity index (χ2n) is 6.81. The van der Waals surface area contributed by atoms with E-state index in [0.29, 0.717) is 30.1 Å². The third-order valence-electron chi connectivity index (χ3n) is 4.75. The van der Waals surface area contributed by atoms with Gasteiger partial charge in [0.2, 0.25) is 5.91 Å². The summed E-state index contributed by atoms with van der Waals surface area (Å²) >= 11 is 0. The van der Waals surface area contributed by atoms with Gasteiger partial charge in [-0.05, 0) is 55.3 Å². The van der Waals surface area contributed by atoms with E-state index in [9.17, 15) is 14.0 Å². The molecule has 7 heteroatoms. The van der Waals surface area contributed by atoms with Crippen LogP contribution in [0.1, 0.15) is 23.2 Å². The molecule has 1 aliphatic rings. The molecule has 1 saturated heterocycles. The molecular weight excluding hydrogens is 361 g/mol. The number of halogens is 1. The zero-order valence-corrected chi connectivity index (χ0v) is 15.8. The van der Waals surface area contributed by atoms with E-state index in [1.807, 2.05) is 4.90 Å². The maximum Gasteiger partial charge on any atom is 0.251 e. The highest BCUT2D eigenvalue weighted by atomic mass is 19.1. The fraction of sp³-hybridized carbons (Fsp3) is 0.333. The van der Waals surface area contributed by atoms with Gasteiger partial charge >= 0.3 is 0 Å². The van der Waals surface area contributed by atoms with Crippen LogP contribution >= 0.6 is 0 Å². The van der Waals surface area contributed by atoms with Crippen molar-refractivity contribution in [2.24, 2.45) is 0 Å². The zero-order chi connectivity index (χ0) is 19.9. The van der Waals surface area contributed by atoms with Crippen molar-refractivity contribution in [2.45, 2.75) is 18.9 Å². The van der Waals surface area contributed by atoms with Crippen LogP contribution in [0.3, 0.4) is 0 Å².